The van der Waals surface area contributed by atoms with Crippen molar-refractivity contribution in [1.29, 1.82) is 0 Å². The van der Waals surface area contributed by atoms with Gasteiger partial charge in [-0.05, 0) is 25.2 Å². The number of hydrogen-bond acceptors (Lipinski definition) is 1. The molecule has 1 nitrogen and oxygen atoms in total. The summed E-state index contributed by atoms with van der Waals surface area (Å²) in [6, 6.07) is 0. The van der Waals surface area contributed by atoms with E-state index in [1.54, 1.807) is 0 Å². The van der Waals surface area contributed by atoms with Crippen LogP contribution in [0.1, 0.15) is 19.3 Å². The van der Waals surface area contributed by atoms with E-state index in [0.29, 0.717) is 5.25 Å². The first-order chi connectivity index (χ1) is 3.88. The van der Waals surface area contributed by atoms with Crippen molar-refractivity contribution in [2.24, 2.45) is 5.92 Å². The first-order valence-electron chi connectivity index (χ1n) is 3.25. The van der Waals surface area contributed by atoms with E-state index in [1.165, 1.54) is 19.3 Å². The third-order valence-corrected chi connectivity index (χ3v) is 4.06. The molecule has 0 aromatic rings. The van der Waals surface area contributed by atoms with Gasteiger partial charge in [-0.2, -0.15) is 0 Å². The fraction of sp³-hybridized carbons (Fsp3) is 1.00. The molecular weight excluding hydrogens is 120 g/mol. The highest BCUT2D eigenvalue weighted by Crippen LogP contribution is 2.42. The fourth-order valence-electron chi connectivity index (χ4n) is 1.48. The summed E-state index contributed by atoms with van der Waals surface area (Å²) in [5.41, 5.74) is 0. The van der Waals surface area contributed by atoms with Gasteiger partial charge in [0.05, 0.1) is 0 Å². The van der Waals surface area contributed by atoms with E-state index < -0.39 is 10.8 Å². The van der Waals surface area contributed by atoms with Gasteiger partial charge in [-0.25, -0.2) is 0 Å². The van der Waals surface area contributed by atoms with Crippen molar-refractivity contribution in [1.82, 2.24) is 0 Å². The van der Waals surface area contributed by atoms with Crippen LogP contribution in [-0.4, -0.2) is 15.2 Å². The summed E-state index contributed by atoms with van der Waals surface area (Å²) < 4.78 is 10.9. The van der Waals surface area contributed by atoms with Gasteiger partial charge in [0.1, 0.15) is 0 Å². The lowest BCUT2D eigenvalue weighted by Crippen LogP contribution is -2.10. The van der Waals surface area contributed by atoms with Gasteiger partial charge < -0.3 is 0 Å². The van der Waals surface area contributed by atoms with Gasteiger partial charge in [-0.3, -0.25) is 4.21 Å². The van der Waals surface area contributed by atoms with Crippen molar-refractivity contribution < 1.29 is 4.21 Å². The molecule has 2 fully saturated rings. The zero-order chi connectivity index (χ0) is 5.56. The zero-order valence-corrected chi connectivity index (χ0v) is 5.62. The van der Waals surface area contributed by atoms with Gasteiger partial charge in [-0.15, -0.1) is 0 Å². The molecule has 0 spiro atoms. The molecule has 3 unspecified atom stereocenters. The van der Waals surface area contributed by atoms with E-state index >= 15 is 0 Å². The lowest BCUT2D eigenvalue weighted by molar-refractivity contribution is 0.646. The van der Waals surface area contributed by atoms with Crippen molar-refractivity contribution in [2.75, 3.05) is 5.75 Å². The van der Waals surface area contributed by atoms with Crippen LogP contribution in [0.2, 0.25) is 0 Å². The molecule has 3 atom stereocenters. The molecule has 2 aliphatic rings. The van der Waals surface area contributed by atoms with E-state index in [2.05, 4.69) is 0 Å². The third kappa shape index (κ3) is 0.625. The van der Waals surface area contributed by atoms with Gasteiger partial charge >= 0.3 is 0 Å². The van der Waals surface area contributed by atoms with Crippen LogP contribution in [0, 0.1) is 5.92 Å². The molecule has 1 aliphatic heterocycles. The van der Waals surface area contributed by atoms with Gasteiger partial charge in [0.15, 0.2) is 0 Å². The van der Waals surface area contributed by atoms with Crippen LogP contribution in [0.3, 0.4) is 0 Å². The first kappa shape index (κ1) is 4.98. The van der Waals surface area contributed by atoms with E-state index in [9.17, 15) is 4.21 Å². The second kappa shape index (κ2) is 1.56. The minimum atomic E-state index is -0.411. The lowest BCUT2D eigenvalue weighted by atomic mass is 10.2. The molecule has 46 valence electrons. The molecule has 1 saturated heterocycles. The summed E-state index contributed by atoms with van der Waals surface area (Å²) >= 11 is 0. The minimum absolute atomic E-state index is 0.411. The van der Waals surface area contributed by atoms with Crippen molar-refractivity contribution in [3.63, 3.8) is 0 Å². The highest BCUT2D eigenvalue weighted by molar-refractivity contribution is 7.86. The highest BCUT2D eigenvalue weighted by atomic mass is 32.2. The van der Waals surface area contributed by atoms with Crippen molar-refractivity contribution in [3.8, 4) is 0 Å². The SMILES string of the molecule is O=S1CCCC2CC21. The van der Waals surface area contributed by atoms with E-state index in [1.807, 2.05) is 0 Å². The first-order valence-corrected chi connectivity index (χ1v) is 4.63. The predicted molar refractivity (Wildman–Crippen MR) is 34.1 cm³/mol. The summed E-state index contributed by atoms with van der Waals surface area (Å²) in [6.07, 6.45) is 3.84. The molecule has 2 heteroatoms. The average molecular weight is 130 g/mol. The Hall–Kier alpha value is 0.150. The summed E-state index contributed by atoms with van der Waals surface area (Å²) in [5, 5.41) is 0.642. The van der Waals surface area contributed by atoms with E-state index in [0.717, 1.165) is 11.7 Å². The minimum Gasteiger partial charge on any atom is -0.259 e. The molecule has 8 heavy (non-hydrogen) atoms. The number of fused-ring (bicyclic) bond motifs is 1. The van der Waals surface area contributed by atoms with E-state index in [4.69, 9.17) is 0 Å². The Morgan fingerprint density at radius 3 is 3.00 bits per heavy atom. The largest absolute Gasteiger partial charge is 0.259 e. The molecule has 0 N–H and O–H groups in total. The second-order valence-electron chi connectivity index (χ2n) is 2.76. The topological polar surface area (TPSA) is 17.1 Å². The molecular formula is C6H10OS. The van der Waals surface area contributed by atoms with Gasteiger partial charge in [-0.1, -0.05) is 0 Å². The van der Waals surface area contributed by atoms with Crippen LogP contribution in [0.25, 0.3) is 0 Å². The number of hydrogen-bond donors (Lipinski definition) is 0. The van der Waals surface area contributed by atoms with Crippen molar-refractivity contribution >= 4 is 10.8 Å². The van der Waals surface area contributed by atoms with Crippen LogP contribution in [0.4, 0.5) is 0 Å². The Labute approximate surface area is 51.9 Å². The summed E-state index contributed by atoms with van der Waals surface area (Å²) in [6.45, 7) is 0. The molecule has 0 aromatic carbocycles. The lowest BCUT2D eigenvalue weighted by Gasteiger charge is -2.05. The zero-order valence-electron chi connectivity index (χ0n) is 4.80. The Morgan fingerprint density at radius 2 is 2.38 bits per heavy atom. The van der Waals surface area contributed by atoms with Crippen LogP contribution in [-0.2, 0) is 10.8 Å². The molecule has 1 saturated carbocycles. The normalized spacial score (nSPS) is 52.8. The molecule has 1 aliphatic carbocycles. The summed E-state index contributed by atoms with van der Waals surface area (Å²) in [7, 11) is -0.411. The maximum Gasteiger partial charge on any atom is 0.0379 e. The van der Waals surface area contributed by atoms with Gasteiger partial charge in [0, 0.05) is 21.8 Å². The second-order valence-corrected chi connectivity index (χ2v) is 4.54. The fourth-order valence-corrected chi connectivity index (χ4v) is 3.27. The quantitative estimate of drug-likeness (QED) is 0.476. The molecule has 0 amide bonds. The smallest absolute Gasteiger partial charge is 0.0379 e. The maximum absolute atomic E-state index is 10.9. The maximum atomic E-state index is 10.9. The van der Waals surface area contributed by atoms with Gasteiger partial charge in [0.2, 0.25) is 0 Å². The highest BCUT2D eigenvalue weighted by Gasteiger charge is 2.43. The summed E-state index contributed by atoms with van der Waals surface area (Å²) in [4.78, 5) is 0. The van der Waals surface area contributed by atoms with Crippen LogP contribution >= 0.6 is 0 Å². The Kier molecular flexibility index (Phi) is 0.973. The molecule has 0 bridgehead atoms. The molecule has 2 rings (SSSR count). The Balaban J connectivity index is 2.08. The summed E-state index contributed by atoms with van der Waals surface area (Å²) in [5.74, 6) is 1.87. The van der Waals surface area contributed by atoms with Gasteiger partial charge in [0.25, 0.3) is 0 Å². The van der Waals surface area contributed by atoms with Crippen molar-refractivity contribution in [3.05, 3.63) is 0 Å². The van der Waals surface area contributed by atoms with E-state index in [-0.39, 0.29) is 0 Å². The molecule has 0 aromatic heterocycles. The monoisotopic (exact) mass is 130 g/mol. The number of rotatable bonds is 0. The van der Waals surface area contributed by atoms with Crippen LogP contribution in [0.5, 0.6) is 0 Å². The van der Waals surface area contributed by atoms with Crippen molar-refractivity contribution in [2.45, 2.75) is 24.5 Å². The third-order valence-electron chi connectivity index (χ3n) is 2.12. The molecule has 1 heterocycles. The molecule has 0 radical (unpaired) electrons. The average Bonchev–Trinajstić information content (AvgIpc) is 2.45. The Morgan fingerprint density at radius 1 is 1.50 bits per heavy atom. The Bertz CT molecular complexity index is 132. The van der Waals surface area contributed by atoms with Crippen LogP contribution in [0.15, 0.2) is 0 Å². The standard InChI is InChI=1S/C6H10OS/c7-8-3-1-2-5-4-6(5)8/h5-6H,1-4H2. The van der Waals surface area contributed by atoms with Crippen LogP contribution < -0.4 is 0 Å². The predicted octanol–water partition coefficient (Wildman–Crippen LogP) is 0.917.